The lowest BCUT2D eigenvalue weighted by Crippen LogP contribution is -2.12. The third-order valence-corrected chi connectivity index (χ3v) is 12.1. The Bertz CT molecular complexity index is 3370. The lowest BCUT2D eigenvalue weighted by Gasteiger charge is -2.12. The van der Waals surface area contributed by atoms with E-state index < -0.39 is 40.1 Å². The maximum atomic E-state index is 12.2. The van der Waals surface area contributed by atoms with Gasteiger partial charge in [-0.2, -0.15) is 60.7 Å². The van der Waals surface area contributed by atoms with E-state index >= 15 is 0 Å². The van der Waals surface area contributed by atoms with Crippen LogP contribution in [-0.4, -0.2) is 72.1 Å². The second-order valence-corrected chi connectivity index (χ2v) is 18.1. The second-order valence-electron chi connectivity index (χ2n) is 13.9. The van der Waals surface area contributed by atoms with Crippen LogP contribution in [0, 0.1) is 20.8 Å². The van der Waals surface area contributed by atoms with Crippen molar-refractivity contribution in [3.8, 4) is 0 Å². The highest BCUT2D eigenvalue weighted by molar-refractivity contribution is 7.86. The van der Waals surface area contributed by atoms with Gasteiger partial charge in [-0.15, -0.1) is 0 Å². The van der Waals surface area contributed by atoms with Crippen LogP contribution in [-0.2, 0) is 30.4 Å². The van der Waals surface area contributed by atoms with E-state index in [1.165, 1.54) is 24.3 Å². The molecular formula is C40H36N10O10S3. The zero-order valence-electron chi connectivity index (χ0n) is 33.2. The Morgan fingerprint density at radius 1 is 0.492 bits per heavy atom. The summed E-state index contributed by atoms with van der Waals surface area (Å²) in [6.07, 6.45) is 0. The van der Waals surface area contributed by atoms with Crippen LogP contribution in [0.5, 0.6) is 0 Å². The van der Waals surface area contributed by atoms with Gasteiger partial charge in [0.2, 0.25) is 17.8 Å². The fraction of sp³-hybridized carbons (Fsp3) is 0.125. The van der Waals surface area contributed by atoms with Gasteiger partial charge in [0.15, 0.2) is 0 Å². The van der Waals surface area contributed by atoms with Crippen LogP contribution in [0.3, 0.4) is 0 Å². The van der Waals surface area contributed by atoms with Gasteiger partial charge in [0.05, 0.1) is 29.4 Å². The molecule has 324 valence electrons. The molecule has 7 N–H and O–H groups in total. The molecule has 0 aliphatic rings. The number of anilines is 5. The summed E-state index contributed by atoms with van der Waals surface area (Å²) in [6, 6.07) is 24.0. The van der Waals surface area contributed by atoms with Crippen LogP contribution in [0.4, 0.5) is 52.0 Å². The molecule has 20 nitrogen and oxygen atoms in total. The highest BCUT2D eigenvalue weighted by Gasteiger charge is 2.22. The monoisotopic (exact) mass is 912 g/mol. The van der Waals surface area contributed by atoms with E-state index in [0.29, 0.717) is 44.6 Å². The van der Waals surface area contributed by atoms with Crippen molar-refractivity contribution < 1.29 is 44.0 Å². The predicted molar refractivity (Wildman–Crippen MR) is 235 cm³/mol. The number of aryl methyl sites for hydroxylation is 3. The predicted octanol–water partition coefficient (Wildman–Crippen LogP) is 8.57. The number of aliphatic hydroxyl groups is 1. The molecule has 0 amide bonds. The SMILES string of the molecule is Cc1cc(Nc2nc(NCCO)nc(Nc3ccc(N=Nc4cc(S(=O)(=O)O)c5cccc(S(=O)(=O)O)c5c4)c(C)c3)n2)ccc1N=Nc1cc(S(=O)(=O)O)c2cccc(C)c2c1. The van der Waals surface area contributed by atoms with Crippen LogP contribution in [0.15, 0.2) is 132 Å². The molecule has 6 aromatic carbocycles. The summed E-state index contributed by atoms with van der Waals surface area (Å²) in [4.78, 5) is 11.8. The van der Waals surface area contributed by atoms with Gasteiger partial charge in [-0.25, -0.2) is 0 Å². The summed E-state index contributed by atoms with van der Waals surface area (Å²) >= 11 is 0. The van der Waals surface area contributed by atoms with Gasteiger partial charge in [0.25, 0.3) is 30.4 Å². The van der Waals surface area contributed by atoms with Gasteiger partial charge in [-0.05, 0) is 110 Å². The summed E-state index contributed by atoms with van der Waals surface area (Å²) in [7, 11) is -14.2. The molecule has 0 atom stereocenters. The number of nitrogens with one attached hydrogen (secondary N) is 3. The Labute approximate surface area is 360 Å². The Balaban J connectivity index is 1.11. The van der Waals surface area contributed by atoms with Crippen LogP contribution >= 0.6 is 0 Å². The summed E-state index contributed by atoms with van der Waals surface area (Å²) in [5.74, 6) is 0.382. The Kier molecular flexibility index (Phi) is 12.3. The first-order chi connectivity index (χ1) is 29.8. The summed E-state index contributed by atoms with van der Waals surface area (Å²) in [5, 5.41) is 36.1. The Morgan fingerprint density at radius 3 is 1.43 bits per heavy atom. The number of aromatic nitrogens is 3. The topological polar surface area (TPSA) is 308 Å². The third kappa shape index (κ3) is 10.3. The first-order valence-corrected chi connectivity index (χ1v) is 22.8. The molecule has 7 rings (SSSR count). The number of rotatable bonds is 14. The van der Waals surface area contributed by atoms with E-state index in [9.17, 15) is 44.0 Å². The second kappa shape index (κ2) is 17.5. The van der Waals surface area contributed by atoms with Crippen LogP contribution in [0.1, 0.15) is 16.7 Å². The lowest BCUT2D eigenvalue weighted by atomic mass is 10.1. The van der Waals surface area contributed by atoms with Crippen molar-refractivity contribution in [1.82, 2.24) is 15.0 Å². The average molecular weight is 913 g/mol. The zero-order valence-corrected chi connectivity index (χ0v) is 35.7. The van der Waals surface area contributed by atoms with Gasteiger partial charge < -0.3 is 21.1 Å². The minimum Gasteiger partial charge on any atom is -0.395 e. The Hall–Kier alpha value is -6.86. The molecule has 0 saturated carbocycles. The van der Waals surface area contributed by atoms with E-state index in [2.05, 4.69) is 51.4 Å². The molecule has 0 fully saturated rings. The molecule has 1 aromatic heterocycles. The van der Waals surface area contributed by atoms with E-state index in [1.54, 1.807) is 68.4 Å². The highest BCUT2D eigenvalue weighted by Crippen LogP contribution is 2.36. The molecule has 0 spiro atoms. The molecule has 1 heterocycles. The van der Waals surface area contributed by atoms with Gasteiger partial charge in [0, 0.05) is 34.1 Å². The van der Waals surface area contributed by atoms with E-state index in [4.69, 9.17) is 0 Å². The Morgan fingerprint density at radius 2 is 0.952 bits per heavy atom. The molecule has 7 aromatic rings. The third-order valence-electron chi connectivity index (χ3n) is 9.38. The molecule has 23 heteroatoms. The summed E-state index contributed by atoms with van der Waals surface area (Å²) in [6.45, 7) is 5.28. The van der Waals surface area contributed by atoms with Crippen LogP contribution in [0.25, 0.3) is 21.5 Å². The van der Waals surface area contributed by atoms with E-state index in [1.807, 2.05) is 13.0 Å². The first kappa shape index (κ1) is 44.2. The average Bonchev–Trinajstić information content (AvgIpc) is 3.20. The maximum Gasteiger partial charge on any atom is 0.295 e. The van der Waals surface area contributed by atoms with Crippen molar-refractivity contribution in [3.63, 3.8) is 0 Å². The van der Waals surface area contributed by atoms with Gasteiger partial charge in [0.1, 0.15) is 14.7 Å². The zero-order chi connectivity index (χ0) is 45.3. The standard InChI is InChI=1S/C40H36N10O10S3/c1-22-6-4-7-29-31(22)18-27(20-36(29)62(55,56)57)47-49-33-12-10-25(16-23(33)2)42-39-44-38(41-14-15-51)45-40(46-39)43-26-11-13-34(24(3)17-26)50-48-28-19-32-30(37(21-28)63(58,59)60)8-5-9-35(32)61(52,53)54/h4-13,16-21,51H,14-15H2,1-3H3,(H,52,53,54)(H,55,56,57)(H,58,59,60)(H3,41,42,43,44,45,46). The number of aliphatic hydroxyl groups excluding tert-OH is 1. The minimum atomic E-state index is -4.85. The van der Waals surface area contributed by atoms with Gasteiger partial charge in [-0.3, -0.25) is 13.7 Å². The molecular weight excluding hydrogens is 877 g/mol. The van der Waals surface area contributed by atoms with Gasteiger partial charge >= 0.3 is 0 Å². The smallest absolute Gasteiger partial charge is 0.295 e. The number of benzene rings is 6. The summed E-state index contributed by atoms with van der Waals surface area (Å²) in [5.41, 5.74) is 4.09. The van der Waals surface area contributed by atoms with E-state index in [0.717, 1.165) is 17.7 Å². The molecule has 0 radical (unpaired) electrons. The van der Waals surface area contributed by atoms with Gasteiger partial charge in [-0.1, -0.05) is 30.3 Å². The maximum absolute atomic E-state index is 12.2. The largest absolute Gasteiger partial charge is 0.395 e. The molecule has 0 aliphatic heterocycles. The van der Waals surface area contributed by atoms with Crippen LogP contribution < -0.4 is 16.0 Å². The molecule has 0 aliphatic carbocycles. The van der Waals surface area contributed by atoms with Crippen molar-refractivity contribution >= 4 is 104 Å². The number of hydrogen-bond acceptors (Lipinski definition) is 17. The fourth-order valence-corrected chi connectivity index (χ4v) is 8.62. The number of fused-ring (bicyclic) bond motifs is 2. The fourth-order valence-electron chi connectivity index (χ4n) is 6.47. The van der Waals surface area contributed by atoms with Crippen molar-refractivity contribution in [3.05, 3.63) is 114 Å². The highest BCUT2D eigenvalue weighted by atomic mass is 32.2. The molecule has 0 saturated heterocycles. The summed E-state index contributed by atoms with van der Waals surface area (Å²) < 4.78 is 102. The minimum absolute atomic E-state index is 0.113. The van der Waals surface area contributed by atoms with Crippen molar-refractivity contribution in [2.45, 2.75) is 35.5 Å². The number of hydrogen-bond donors (Lipinski definition) is 7. The quantitative estimate of drug-likeness (QED) is 0.0397. The lowest BCUT2D eigenvalue weighted by molar-refractivity contribution is 0.311. The van der Waals surface area contributed by atoms with Crippen molar-refractivity contribution in [2.24, 2.45) is 20.5 Å². The molecule has 0 bridgehead atoms. The number of azo groups is 2. The molecule has 0 unspecified atom stereocenters. The van der Waals surface area contributed by atoms with Crippen molar-refractivity contribution in [2.75, 3.05) is 29.1 Å². The molecule has 63 heavy (non-hydrogen) atoms. The number of nitrogens with zero attached hydrogens (tertiary/aromatic N) is 7. The van der Waals surface area contributed by atoms with Crippen molar-refractivity contribution in [1.29, 1.82) is 0 Å². The normalized spacial score (nSPS) is 12.4. The van der Waals surface area contributed by atoms with E-state index in [-0.39, 0.29) is 58.0 Å². The first-order valence-electron chi connectivity index (χ1n) is 18.5. The van der Waals surface area contributed by atoms with Crippen LogP contribution in [0.2, 0.25) is 0 Å².